The lowest BCUT2D eigenvalue weighted by molar-refractivity contribution is -0.132. The minimum Gasteiger partial charge on any atom is -0.493 e. The van der Waals surface area contributed by atoms with Crippen molar-refractivity contribution in [2.75, 3.05) is 53.0 Å². The highest BCUT2D eigenvalue weighted by molar-refractivity contribution is 7.93. The Morgan fingerprint density at radius 1 is 0.632 bits per heavy atom. The molecule has 0 spiro atoms. The molecule has 0 bridgehead atoms. The molecule has 4 rings (SSSR count). The standard InChI is InChI=1S/C24H28N2O10S2/c1-33-17-7-5-15(11-19(17)35-3)23-25(21(27)13-37(23,29)30)9-10-26-22(28)14-38(31,32)24(26)16-6-8-18(34-2)20(12-16)36-4/h5-8,11-12,23-24H,9-10,13-14H2,1-4H3/t23-,24-/m0/s1. The minimum atomic E-state index is -3.92. The van der Waals surface area contributed by atoms with Crippen LogP contribution in [-0.2, 0) is 29.3 Å². The molecule has 0 unspecified atom stereocenters. The summed E-state index contributed by atoms with van der Waals surface area (Å²) >= 11 is 0. The maximum atomic E-state index is 13.0. The molecule has 0 radical (unpaired) electrons. The molecule has 2 atom stereocenters. The molecule has 206 valence electrons. The molecule has 2 heterocycles. The van der Waals surface area contributed by atoms with E-state index in [0.29, 0.717) is 11.5 Å². The van der Waals surface area contributed by atoms with Crippen LogP contribution in [0.1, 0.15) is 21.9 Å². The highest BCUT2D eigenvalue weighted by Crippen LogP contribution is 2.40. The molecule has 12 nitrogen and oxygen atoms in total. The zero-order chi connectivity index (χ0) is 27.8. The van der Waals surface area contributed by atoms with E-state index < -0.39 is 53.7 Å². The van der Waals surface area contributed by atoms with E-state index in [0.717, 1.165) is 9.80 Å². The van der Waals surface area contributed by atoms with Gasteiger partial charge in [0.25, 0.3) is 0 Å². The van der Waals surface area contributed by atoms with E-state index in [9.17, 15) is 26.4 Å². The molecule has 2 aliphatic rings. The number of hydrogen-bond donors (Lipinski definition) is 0. The van der Waals surface area contributed by atoms with Gasteiger partial charge in [0.15, 0.2) is 53.4 Å². The third-order valence-corrected chi connectivity index (χ3v) is 10.2. The molecular formula is C24H28N2O10S2. The average molecular weight is 569 g/mol. The number of carbonyl (C=O) groups excluding carboxylic acids is 2. The Morgan fingerprint density at radius 2 is 0.974 bits per heavy atom. The molecule has 2 aromatic carbocycles. The summed E-state index contributed by atoms with van der Waals surface area (Å²) in [5.41, 5.74) is 0.565. The van der Waals surface area contributed by atoms with E-state index in [1.54, 1.807) is 0 Å². The number of nitrogens with zero attached hydrogens (tertiary/aromatic N) is 2. The smallest absolute Gasteiger partial charge is 0.239 e. The molecule has 2 aliphatic heterocycles. The Kier molecular flexibility index (Phi) is 7.48. The van der Waals surface area contributed by atoms with Gasteiger partial charge in [-0.3, -0.25) is 9.59 Å². The number of rotatable bonds is 9. The van der Waals surface area contributed by atoms with Crippen molar-refractivity contribution in [3.05, 3.63) is 47.5 Å². The maximum Gasteiger partial charge on any atom is 0.239 e. The van der Waals surface area contributed by atoms with Crippen molar-refractivity contribution in [1.29, 1.82) is 0 Å². The average Bonchev–Trinajstić information content (AvgIpc) is 3.26. The summed E-state index contributed by atoms with van der Waals surface area (Å²) in [4.78, 5) is 27.9. The highest BCUT2D eigenvalue weighted by atomic mass is 32.2. The normalized spacial score (nSPS) is 22.0. The van der Waals surface area contributed by atoms with Crippen LogP contribution >= 0.6 is 0 Å². The van der Waals surface area contributed by atoms with Crippen LogP contribution in [0.15, 0.2) is 36.4 Å². The van der Waals surface area contributed by atoms with Crippen LogP contribution in [0.3, 0.4) is 0 Å². The molecule has 2 fully saturated rings. The monoisotopic (exact) mass is 568 g/mol. The lowest BCUT2D eigenvalue weighted by atomic mass is 10.1. The van der Waals surface area contributed by atoms with Gasteiger partial charge < -0.3 is 28.7 Å². The van der Waals surface area contributed by atoms with Crippen molar-refractivity contribution in [3.8, 4) is 23.0 Å². The second-order valence-electron chi connectivity index (χ2n) is 8.72. The summed E-state index contributed by atoms with van der Waals surface area (Å²) < 4.78 is 72.9. The second-order valence-corrected chi connectivity index (χ2v) is 12.8. The number of carbonyl (C=O) groups is 2. The topological polar surface area (TPSA) is 146 Å². The number of ether oxygens (including phenoxy) is 4. The summed E-state index contributed by atoms with van der Waals surface area (Å²) in [6, 6.07) is 9.07. The van der Waals surface area contributed by atoms with Crippen LogP contribution in [0.4, 0.5) is 0 Å². The fraction of sp³-hybridized carbons (Fsp3) is 0.417. The molecule has 14 heteroatoms. The minimum absolute atomic E-state index is 0.206. The van der Waals surface area contributed by atoms with Crippen molar-refractivity contribution in [2.24, 2.45) is 0 Å². The molecule has 0 aliphatic carbocycles. The molecule has 2 aromatic rings. The Bertz CT molecular complexity index is 1360. The summed E-state index contributed by atoms with van der Waals surface area (Å²) in [5.74, 6) is -1.38. The first kappa shape index (κ1) is 27.5. The van der Waals surface area contributed by atoms with E-state index in [1.807, 2.05) is 0 Å². The van der Waals surface area contributed by atoms with Crippen molar-refractivity contribution >= 4 is 31.5 Å². The van der Waals surface area contributed by atoms with Crippen LogP contribution in [0.25, 0.3) is 0 Å². The zero-order valence-corrected chi connectivity index (χ0v) is 22.9. The SMILES string of the molecule is COc1ccc([C@H]2N(CCN3C(=O)CS(=O)(=O)[C@H]3c3ccc(OC)c(OC)c3)C(=O)CS2(=O)=O)cc1OC. The molecular weight excluding hydrogens is 540 g/mol. The number of benzene rings is 2. The van der Waals surface area contributed by atoms with Gasteiger partial charge in [0.05, 0.1) is 28.4 Å². The van der Waals surface area contributed by atoms with E-state index in [4.69, 9.17) is 18.9 Å². The van der Waals surface area contributed by atoms with Gasteiger partial charge in [0, 0.05) is 13.1 Å². The van der Waals surface area contributed by atoms with Crippen LogP contribution in [-0.4, -0.2) is 91.5 Å². The van der Waals surface area contributed by atoms with Gasteiger partial charge in [-0.25, -0.2) is 16.8 Å². The molecule has 2 amide bonds. The Balaban J connectivity index is 1.66. The van der Waals surface area contributed by atoms with Crippen LogP contribution in [0.5, 0.6) is 23.0 Å². The summed E-state index contributed by atoms with van der Waals surface area (Å²) in [7, 11) is -2.15. The van der Waals surface area contributed by atoms with E-state index in [-0.39, 0.29) is 35.7 Å². The highest BCUT2D eigenvalue weighted by Gasteiger charge is 2.48. The third-order valence-electron chi connectivity index (χ3n) is 6.50. The van der Waals surface area contributed by atoms with Crippen LogP contribution < -0.4 is 18.9 Å². The van der Waals surface area contributed by atoms with Gasteiger partial charge in [-0.1, -0.05) is 12.1 Å². The number of hydrogen-bond acceptors (Lipinski definition) is 10. The van der Waals surface area contributed by atoms with E-state index >= 15 is 0 Å². The van der Waals surface area contributed by atoms with Gasteiger partial charge in [-0.15, -0.1) is 0 Å². The molecule has 38 heavy (non-hydrogen) atoms. The fourth-order valence-electron chi connectivity index (χ4n) is 4.80. The van der Waals surface area contributed by atoms with Gasteiger partial charge >= 0.3 is 0 Å². The summed E-state index contributed by atoms with van der Waals surface area (Å²) in [6.45, 7) is -0.412. The van der Waals surface area contributed by atoms with Crippen molar-refractivity contribution in [2.45, 2.75) is 10.7 Å². The van der Waals surface area contributed by atoms with Crippen LogP contribution in [0.2, 0.25) is 0 Å². The van der Waals surface area contributed by atoms with Gasteiger partial charge in [0.2, 0.25) is 11.8 Å². The number of sulfone groups is 2. The van der Waals surface area contributed by atoms with Crippen molar-refractivity contribution in [3.63, 3.8) is 0 Å². The zero-order valence-electron chi connectivity index (χ0n) is 21.2. The van der Waals surface area contributed by atoms with Crippen molar-refractivity contribution < 1.29 is 45.4 Å². The molecule has 0 saturated carbocycles. The first-order valence-corrected chi connectivity index (χ1v) is 14.9. The Hall–Kier alpha value is -3.52. The Labute approximate surface area is 220 Å². The quantitative estimate of drug-likeness (QED) is 0.428. The summed E-state index contributed by atoms with van der Waals surface area (Å²) in [6.07, 6.45) is 0. The molecule has 2 saturated heterocycles. The van der Waals surface area contributed by atoms with Gasteiger partial charge in [-0.05, 0) is 35.4 Å². The third kappa shape index (κ3) is 4.85. The second kappa shape index (κ2) is 10.3. The lowest BCUT2D eigenvalue weighted by Crippen LogP contribution is -2.39. The number of methoxy groups -OCH3 is 4. The predicted octanol–water partition coefficient (Wildman–Crippen LogP) is 0.932. The first-order valence-electron chi connectivity index (χ1n) is 11.4. The van der Waals surface area contributed by atoms with E-state index in [2.05, 4.69) is 0 Å². The lowest BCUT2D eigenvalue weighted by Gasteiger charge is -2.29. The van der Waals surface area contributed by atoms with Crippen molar-refractivity contribution in [1.82, 2.24) is 9.80 Å². The predicted molar refractivity (Wildman–Crippen MR) is 136 cm³/mol. The Morgan fingerprint density at radius 3 is 1.29 bits per heavy atom. The molecule has 0 aromatic heterocycles. The first-order chi connectivity index (χ1) is 18.0. The summed E-state index contributed by atoms with van der Waals surface area (Å²) in [5, 5.41) is -2.66. The van der Waals surface area contributed by atoms with E-state index in [1.165, 1.54) is 64.8 Å². The fourth-order valence-corrected chi connectivity index (χ4v) is 8.48. The van der Waals surface area contributed by atoms with Crippen LogP contribution in [0, 0.1) is 0 Å². The molecule has 0 N–H and O–H groups in total. The van der Waals surface area contributed by atoms with Gasteiger partial charge in [-0.2, -0.15) is 0 Å². The number of amides is 2. The van der Waals surface area contributed by atoms with Gasteiger partial charge in [0.1, 0.15) is 11.5 Å². The maximum absolute atomic E-state index is 13.0. The largest absolute Gasteiger partial charge is 0.493 e.